The minimum Gasteiger partial charge on any atom is -0.329 e. The summed E-state index contributed by atoms with van der Waals surface area (Å²) in [5.41, 5.74) is 4.02. The summed E-state index contributed by atoms with van der Waals surface area (Å²) in [5.74, 6) is 0.566. The van der Waals surface area contributed by atoms with Gasteiger partial charge in [-0.2, -0.15) is 0 Å². The van der Waals surface area contributed by atoms with Crippen molar-refractivity contribution in [2.75, 3.05) is 0 Å². The van der Waals surface area contributed by atoms with Crippen LogP contribution in [0, 0.1) is 6.92 Å². The molecule has 0 radical (unpaired) electrons. The fourth-order valence-corrected chi connectivity index (χ4v) is 3.10. The molecule has 2 aromatic heterocycles. The lowest BCUT2D eigenvalue weighted by atomic mass is 10.1. The van der Waals surface area contributed by atoms with Gasteiger partial charge in [0, 0.05) is 22.7 Å². The van der Waals surface area contributed by atoms with Gasteiger partial charge < -0.3 is 4.98 Å². The molecular weight excluding hydrogens is 310 g/mol. The molecule has 0 fully saturated rings. The number of aromatic nitrogens is 3. The lowest BCUT2D eigenvalue weighted by Crippen LogP contribution is -2.21. The molecule has 4 aromatic rings. The van der Waals surface area contributed by atoms with Gasteiger partial charge in [0.1, 0.15) is 0 Å². The molecule has 0 aliphatic heterocycles. The van der Waals surface area contributed by atoms with Crippen molar-refractivity contribution in [3.8, 4) is 0 Å². The summed E-state index contributed by atoms with van der Waals surface area (Å²) in [6, 6.07) is 15.2. The average Bonchev–Trinajstić information content (AvgIpc) is 2.91. The zero-order valence-electron chi connectivity index (χ0n) is 12.5. The van der Waals surface area contributed by atoms with E-state index >= 15 is 0 Å². The standard InChI is InChI=1S/C18H14ClN3O/c1-11-13(10-12-6-2-3-7-14(12)19)17(23)22-16-9-5-4-8-15(16)21-18(22)20-11/h2-9H,10H2,1H3,(H,20,21). The van der Waals surface area contributed by atoms with E-state index in [2.05, 4.69) is 9.97 Å². The average molecular weight is 324 g/mol. The second kappa shape index (κ2) is 5.25. The lowest BCUT2D eigenvalue weighted by molar-refractivity contribution is 0.968. The number of H-pyrrole nitrogens is 1. The number of nitrogens with zero attached hydrogens (tertiary/aromatic N) is 2. The first-order valence-corrected chi connectivity index (χ1v) is 7.75. The number of halogens is 1. The molecule has 0 saturated carbocycles. The van der Waals surface area contributed by atoms with Crippen molar-refractivity contribution in [3.63, 3.8) is 0 Å². The van der Waals surface area contributed by atoms with Crippen molar-refractivity contribution >= 4 is 28.4 Å². The van der Waals surface area contributed by atoms with Crippen LogP contribution in [0.1, 0.15) is 16.8 Å². The van der Waals surface area contributed by atoms with E-state index in [-0.39, 0.29) is 5.56 Å². The van der Waals surface area contributed by atoms with Gasteiger partial charge in [-0.1, -0.05) is 41.9 Å². The van der Waals surface area contributed by atoms with E-state index in [1.165, 1.54) is 0 Å². The minimum atomic E-state index is -0.0510. The number of rotatable bonds is 2. The Hall–Kier alpha value is -2.59. The zero-order chi connectivity index (χ0) is 16.0. The van der Waals surface area contributed by atoms with Crippen LogP contribution in [0.25, 0.3) is 16.8 Å². The summed E-state index contributed by atoms with van der Waals surface area (Å²) < 4.78 is 1.63. The van der Waals surface area contributed by atoms with Gasteiger partial charge in [0.05, 0.1) is 11.0 Å². The number of fused-ring (bicyclic) bond motifs is 3. The number of aryl methyl sites for hydroxylation is 1. The Morgan fingerprint density at radius 2 is 1.87 bits per heavy atom. The molecular formula is C18H14ClN3O. The summed E-state index contributed by atoms with van der Waals surface area (Å²) >= 11 is 6.24. The summed E-state index contributed by atoms with van der Waals surface area (Å²) in [6.07, 6.45) is 0.489. The Balaban J connectivity index is 1.98. The highest BCUT2D eigenvalue weighted by Gasteiger charge is 2.14. The van der Waals surface area contributed by atoms with Gasteiger partial charge in [-0.05, 0) is 30.7 Å². The first-order valence-electron chi connectivity index (χ1n) is 7.37. The summed E-state index contributed by atoms with van der Waals surface area (Å²) in [6.45, 7) is 1.90. The molecule has 114 valence electrons. The number of hydrogen-bond donors (Lipinski definition) is 1. The smallest absolute Gasteiger partial charge is 0.263 e. The molecule has 0 spiro atoms. The van der Waals surface area contributed by atoms with Crippen LogP contribution in [0.15, 0.2) is 53.3 Å². The van der Waals surface area contributed by atoms with Crippen molar-refractivity contribution in [1.29, 1.82) is 0 Å². The molecule has 0 aliphatic rings. The number of para-hydroxylation sites is 2. The van der Waals surface area contributed by atoms with Crippen LogP contribution in [0.2, 0.25) is 5.02 Å². The van der Waals surface area contributed by atoms with E-state index in [9.17, 15) is 4.79 Å². The van der Waals surface area contributed by atoms with Crippen molar-refractivity contribution in [3.05, 3.63) is 80.7 Å². The Morgan fingerprint density at radius 1 is 1.13 bits per heavy atom. The third-order valence-corrected chi connectivity index (χ3v) is 4.47. The van der Waals surface area contributed by atoms with Gasteiger partial charge in [0.25, 0.3) is 5.56 Å². The number of aromatic amines is 1. The van der Waals surface area contributed by atoms with E-state index < -0.39 is 0 Å². The third-order valence-electron chi connectivity index (χ3n) is 4.10. The van der Waals surface area contributed by atoms with Gasteiger partial charge in [-0.15, -0.1) is 0 Å². The first kappa shape index (κ1) is 14.0. The predicted octanol–water partition coefficient (Wildman–Crippen LogP) is 3.73. The maximum absolute atomic E-state index is 13.0. The van der Waals surface area contributed by atoms with Crippen LogP contribution >= 0.6 is 11.6 Å². The lowest BCUT2D eigenvalue weighted by Gasteiger charge is -2.08. The molecule has 0 unspecified atom stereocenters. The third kappa shape index (κ3) is 2.23. The van der Waals surface area contributed by atoms with Crippen LogP contribution in [-0.4, -0.2) is 14.4 Å². The second-order valence-corrected chi connectivity index (χ2v) is 5.97. The molecule has 2 heterocycles. The predicted molar refractivity (Wildman–Crippen MR) is 92.3 cm³/mol. The van der Waals surface area contributed by atoms with Crippen LogP contribution in [0.4, 0.5) is 0 Å². The number of hydrogen-bond acceptors (Lipinski definition) is 2. The van der Waals surface area contributed by atoms with Crippen LogP contribution in [-0.2, 0) is 6.42 Å². The molecule has 4 rings (SSSR count). The number of benzene rings is 2. The minimum absolute atomic E-state index is 0.0510. The Labute approximate surface area is 137 Å². The highest BCUT2D eigenvalue weighted by Crippen LogP contribution is 2.20. The summed E-state index contributed by atoms with van der Waals surface area (Å²) in [5, 5.41) is 0.668. The molecule has 23 heavy (non-hydrogen) atoms. The topological polar surface area (TPSA) is 50.2 Å². The summed E-state index contributed by atoms with van der Waals surface area (Å²) in [7, 11) is 0. The van der Waals surface area contributed by atoms with E-state index in [0.29, 0.717) is 22.8 Å². The van der Waals surface area contributed by atoms with E-state index in [1.807, 2.05) is 55.5 Å². The largest absolute Gasteiger partial charge is 0.329 e. The maximum Gasteiger partial charge on any atom is 0.263 e. The highest BCUT2D eigenvalue weighted by atomic mass is 35.5. The van der Waals surface area contributed by atoms with Gasteiger partial charge >= 0.3 is 0 Å². The molecule has 1 N–H and O–H groups in total. The maximum atomic E-state index is 13.0. The van der Waals surface area contributed by atoms with Crippen molar-refractivity contribution in [1.82, 2.24) is 14.4 Å². The summed E-state index contributed by atoms with van der Waals surface area (Å²) in [4.78, 5) is 20.7. The van der Waals surface area contributed by atoms with Gasteiger partial charge in [-0.3, -0.25) is 4.79 Å². The SMILES string of the molecule is Cc1[nH]c2nc3ccccc3n2c(=O)c1Cc1ccccc1Cl. The fourth-order valence-electron chi connectivity index (χ4n) is 2.89. The highest BCUT2D eigenvalue weighted by molar-refractivity contribution is 6.31. The second-order valence-electron chi connectivity index (χ2n) is 5.56. The van der Waals surface area contributed by atoms with E-state index in [1.54, 1.807) is 4.40 Å². The van der Waals surface area contributed by atoms with E-state index in [0.717, 1.165) is 22.3 Å². The molecule has 0 amide bonds. The molecule has 2 aromatic carbocycles. The normalized spacial score (nSPS) is 11.4. The zero-order valence-corrected chi connectivity index (χ0v) is 13.3. The van der Waals surface area contributed by atoms with Crippen LogP contribution in [0.5, 0.6) is 0 Å². The molecule has 4 nitrogen and oxygen atoms in total. The van der Waals surface area contributed by atoms with Crippen LogP contribution in [0.3, 0.4) is 0 Å². The van der Waals surface area contributed by atoms with Gasteiger partial charge in [0.2, 0.25) is 5.78 Å². The number of nitrogens with one attached hydrogen (secondary N) is 1. The molecule has 0 saturated heterocycles. The Kier molecular flexibility index (Phi) is 3.20. The molecule has 0 atom stereocenters. The van der Waals surface area contributed by atoms with Crippen molar-refractivity contribution in [2.45, 2.75) is 13.3 Å². The molecule has 5 heteroatoms. The van der Waals surface area contributed by atoms with Gasteiger partial charge in [0.15, 0.2) is 0 Å². The Morgan fingerprint density at radius 3 is 2.70 bits per heavy atom. The number of imidazole rings is 1. The van der Waals surface area contributed by atoms with Crippen LogP contribution < -0.4 is 5.56 Å². The van der Waals surface area contributed by atoms with Crippen molar-refractivity contribution < 1.29 is 0 Å². The fraction of sp³-hybridized carbons (Fsp3) is 0.111. The monoisotopic (exact) mass is 323 g/mol. The van der Waals surface area contributed by atoms with Gasteiger partial charge in [-0.25, -0.2) is 9.38 Å². The quantitative estimate of drug-likeness (QED) is 0.611. The first-order chi connectivity index (χ1) is 11.1. The van der Waals surface area contributed by atoms with Crippen molar-refractivity contribution in [2.24, 2.45) is 0 Å². The van der Waals surface area contributed by atoms with E-state index in [4.69, 9.17) is 11.6 Å². The molecule has 0 aliphatic carbocycles. The Bertz CT molecular complexity index is 1090. The molecule has 0 bridgehead atoms.